The third-order valence-electron chi connectivity index (χ3n) is 3.18. The van der Waals surface area contributed by atoms with Crippen LogP contribution in [-0.4, -0.2) is 29.8 Å². The first-order valence-electron chi connectivity index (χ1n) is 6.20. The van der Waals surface area contributed by atoms with Gasteiger partial charge in [0.2, 0.25) is 6.79 Å². The minimum absolute atomic E-state index is 0.124. The Morgan fingerprint density at radius 2 is 2.15 bits per heavy atom. The van der Waals surface area contributed by atoms with Gasteiger partial charge in [0.05, 0.1) is 5.69 Å². The Morgan fingerprint density at radius 3 is 2.90 bits per heavy atom. The van der Waals surface area contributed by atoms with Gasteiger partial charge in [-0.3, -0.25) is 4.79 Å². The molecular weight excluding hydrogens is 260 g/mol. The summed E-state index contributed by atoms with van der Waals surface area (Å²) in [6, 6.07) is 5.64. The number of aromatic nitrogens is 1. The van der Waals surface area contributed by atoms with Gasteiger partial charge in [0.25, 0.3) is 5.91 Å². The van der Waals surface area contributed by atoms with E-state index in [1.54, 1.807) is 18.9 Å². The number of rotatable bonds is 3. The summed E-state index contributed by atoms with van der Waals surface area (Å²) in [6.07, 6.45) is 1.37. The molecule has 1 amide bonds. The molecule has 0 N–H and O–H groups in total. The largest absolute Gasteiger partial charge is 0.454 e. The van der Waals surface area contributed by atoms with Crippen LogP contribution in [0.1, 0.15) is 21.6 Å². The molecule has 0 fully saturated rings. The SMILES string of the molecule is Cc1nocc1C(=O)N(C)Cc1ccc2c(c1)OCO2. The number of fused-ring (bicyclic) bond motifs is 1. The van der Waals surface area contributed by atoms with Crippen LogP contribution in [0, 0.1) is 6.92 Å². The molecule has 0 spiro atoms. The van der Waals surface area contributed by atoms with Crippen molar-refractivity contribution < 1.29 is 18.8 Å². The molecule has 3 rings (SSSR count). The Labute approximate surface area is 115 Å². The van der Waals surface area contributed by atoms with Crippen LogP contribution >= 0.6 is 0 Å². The van der Waals surface area contributed by atoms with E-state index in [0.717, 1.165) is 11.3 Å². The van der Waals surface area contributed by atoms with Crippen molar-refractivity contribution in [3.63, 3.8) is 0 Å². The number of hydrogen-bond acceptors (Lipinski definition) is 5. The van der Waals surface area contributed by atoms with E-state index < -0.39 is 0 Å². The number of carbonyl (C=O) groups is 1. The Balaban J connectivity index is 1.74. The average molecular weight is 274 g/mol. The number of nitrogens with zero attached hydrogens (tertiary/aromatic N) is 2. The zero-order valence-electron chi connectivity index (χ0n) is 11.3. The van der Waals surface area contributed by atoms with Crippen LogP contribution in [0.5, 0.6) is 11.5 Å². The fourth-order valence-corrected chi connectivity index (χ4v) is 2.09. The van der Waals surface area contributed by atoms with E-state index in [-0.39, 0.29) is 12.7 Å². The van der Waals surface area contributed by atoms with Crippen molar-refractivity contribution in [3.05, 3.63) is 41.3 Å². The van der Waals surface area contributed by atoms with Crippen LogP contribution in [0.3, 0.4) is 0 Å². The summed E-state index contributed by atoms with van der Waals surface area (Å²) < 4.78 is 15.4. The molecule has 0 saturated heterocycles. The molecule has 1 aliphatic rings. The lowest BCUT2D eigenvalue weighted by molar-refractivity contribution is 0.0783. The van der Waals surface area contributed by atoms with Crippen LogP contribution in [0.4, 0.5) is 0 Å². The number of hydrogen-bond donors (Lipinski definition) is 0. The summed E-state index contributed by atoms with van der Waals surface area (Å²) in [5.41, 5.74) is 2.04. The molecule has 1 aromatic heterocycles. The quantitative estimate of drug-likeness (QED) is 0.856. The number of benzene rings is 1. The third-order valence-corrected chi connectivity index (χ3v) is 3.18. The lowest BCUT2D eigenvalue weighted by Crippen LogP contribution is -2.26. The highest BCUT2D eigenvalue weighted by atomic mass is 16.7. The lowest BCUT2D eigenvalue weighted by Gasteiger charge is -2.16. The molecule has 0 aliphatic carbocycles. The topological polar surface area (TPSA) is 64.8 Å². The van der Waals surface area contributed by atoms with E-state index in [9.17, 15) is 4.79 Å². The molecule has 0 bridgehead atoms. The van der Waals surface area contributed by atoms with Crippen molar-refractivity contribution in [1.82, 2.24) is 10.1 Å². The average Bonchev–Trinajstić information content (AvgIpc) is 3.05. The van der Waals surface area contributed by atoms with Gasteiger partial charge in [-0.1, -0.05) is 11.2 Å². The summed E-state index contributed by atoms with van der Waals surface area (Å²) in [6.45, 7) is 2.46. The molecule has 2 heterocycles. The summed E-state index contributed by atoms with van der Waals surface area (Å²) in [7, 11) is 1.74. The van der Waals surface area contributed by atoms with Gasteiger partial charge < -0.3 is 18.9 Å². The number of amides is 1. The minimum Gasteiger partial charge on any atom is -0.454 e. The zero-order valence-corrected chi connectivity index (χ0v) is 11.3. The number of aryl methyl sites for hydroxylation is 1. The van der Waals surface area contributed by atoms with E-state index in [1.165, 1.54) is 6.26 Å². The van der Waals surface area contributed by atoms with Crippen LogP contribution in [-0.2, 0) is 6.54 Å². The maximum atomic E-state index is 12.2. The van der Waals surface area contributed by atoms with E-state index >= 15 is 0 Å². The van der Waals surface area contributed by atoms with E-state index in [4.69, 9.17) is 14.0 Å². The fourth-order valence-electron chi connectivity index (χ4n) is 2.09. The second-order valence-corrected chi connectivity index (χ2v) is 4.66. The smallest absolute Gasteiger partial charge is 0.259 e. The maximum absolute atomic E-state index is 12.2. The lowest BCUT2D eigenvalue weighted by atomic mass is 10.1. The molecule has 1 aliphatic heterocycles. The Bertz CT molecular complexity index is 650. The fraction of sp³-hybridized carbons (Fsp3) is 0.286. The van der Waals surface area contributed by atoms with Crippen molar-refractivity contribution in [1.29, 1.82) is 0 Å². The molecule has 0 radical (unpaired) electrons. The van der Waals surface area contributed by atoms with Crippen LogP contribution in [0.25, 0.3) is 0 Å². The molecule has 6 heteroatoms. The van der Waals surface area contributed by atoms with E-state index in [1.807, 2.05) is 18.2 Å². The van der Waals surface area contributed by atoms with Gasteiger partial charge in [0, 0.05) is 13.6 Å². The first kappa shape index (κ1) is 12.5. The Kier molecular flexibility index (Phi) is 3.06. The molecule has 1 aromatic carbocycles. The van der Waals surface area contributed by atoms with Gasteiger partial charge in [-0.05, 0) is 24.6 Å². The van der Waals surface area contributed by atoms with Crippen molar-refractivity contribution >= 4 is 5.91 Å². The van der Waals surface area contributed by atoms with Crippen molar-refractivity contribution in [2.75, 3.05) is 13.8 Å². The first-order valence-corrected chi connectivity index (χ1v) is 6.20. The number of ether oxygens (including phenoxy) is 2. The number of carbonyl (C=O) groups excluding carboxylic acids is 1. The highest BCUT2D eigenvalue weighted by molar-refractivity contribution is 5.94. The summed E-state index contributed by atoms with van der Waals surface area (Å²) >= 11 is 0. The Morgan fingerprint density at radius 1 is 1.35 bits per heavy atom. The summed E-state index contributed by atoms with van der Waals surface area (Å²) in [5, 5.41) is 3.72. The van der Waals surface area contributed by atoms with Crippen molar-refractivity contribution in [2.45, 2.75) is 13.5 Å². The Hall–Kier alpha value is -2.50. The van der Waals surface area contributed by atoms with Gasteiger partial charge >= 0.3 is 0 Å². The third kappa shape index (κ3) is 2.20. The zero-order chi connectivity index (χ0) is 14.1. The monoisotopic (exact) mass is 274 g/mol. The second kappa shape index (κ2) is 4.88. The van der Waals surface area contributed by atoms with E-state index in [0.29, 0.717) is 23.6 Å². The van der Waals surface area contributed by atoms with Crippen LogP contribution < -0.4 is 9.47 Å². The standard InChI is InChI=1S/C14H14N2O4/c1-9-11(7-20-15-9)14(17)16(2)6-10-3-4-12-13(5-10)19-8-18-12/h3-5,7H,6,8H2,1-2H3. The molecular formula is C14H14N2O4. The van der Waals surface area contributed by atoms with Crippen molar-refractivity contribution in [3.8, 4) is 11.5 Å². The summed E-state index contributed by atoms with van der Waals surface area (Å²) in [5.74, 6) is 1.32. The molecule has 2 aromatic rings. The molecule has 0 unspecified atom stereocenters. The molecule has 104 valence electrons. The molecule has 0 atom stereocenters. The molecule has 0 saturated carbocycles. The molecule has 6 nitrogen and oxygen atoms in total. The van der Waals surface area contributed by atoms with Gasteiger partial charge in [0.15, 0.2) is 11.5 Å². The van der Waals surface area contributed by atoms with Crippen molar-refractivity contribution in [2.24, 2.45) is 0 Å². The van der Waals surface area contributed by atoms with Gasteiger partial charge in [-0.2, -0.15) is 0 Å². The highest BCUT2D eigenvalue weighted by Gasteiger charge is 2.19. The minimum atomic E-state index is -0.124. The van der Waals surface area contributed by atoms with Crippen LogP contribution in [0.15, 0.2) is 29.0 Å². The van der Waals surface area contributed by atoms with Gasteiger partial charge in [0.1, 0.15) is 11.8 Å². The van der Waals surface area contributed by atoms with Gasteiger partial charge in [-0.15, -0.1) is 0 Å². The highest BCUT2D eigenvalue weighted by Crippen LogP contribution is 2.32. The summed E-state index contributed by atoms with van der Waals surface area (Å²) in [4.78, 5) is 13.8. The molecule has 20 heavy (non-hydrogen) atoms. The second-order valence-electron chi connectivity index (χ2n) is 4.66. The predicted octanol–water partition coefficient (Wildman–Crippen LogP) is 1.98. The normalized spacial score (nSPS) is 12.5. The van der Waals surface area contributed by atoms with Gasteiger partial charge in [-0.25, -0.2) is 0 Å². The van der Waals surface area contributed by atoms with E-state index in [2.05, 4.69) is 5.16 Å². The maximum Gasteiger partial charge on any atom is 0.259 e. The first-order chi connectivity index (χ1) is 9.65. The van der Waals surface area contributed by atoms with Crippen LogP contribution in [0.2, 0.25) is 0 Å². The predicted molar refractivity (Wildman–Crippen MR) is 69.6 cm³/mol.